The van der Waals surface area contributed by atoms with Crippen molar-refractivity contribution >= 4 is 40.1 Å². The molecule has 0 aliphatic rings. The van der Waals surface area contributed by atoms with Gasteiger partial charge in [-0.05, 0) is 63.9 Å². The van der Waals surface area contributed by atoms with E-state index in [1.807, 2.05) is 51.1 Å². The van der Waals surface area contributed by atoms with E-state index in [1.54, 1.807) is 41.4 Å². The average Bonchev–Trinajstić information content (AvgIpc) is 2.86. The highest BCUT2D eigenvalue weighted by Crippen LogP contribution is 2.31. The predicted molar refractivity (Wildman–Crippen MR) is 146 cm³/mol. The summed E-state index contributed by atoms with van der Waals surface area (Å²) in [5.74, 6) is -0.594. The fourth-order valence-electron chi connectivity index (χ4n) is 4.12. The molecular formula is C30H26ClN3O3. The third kappa shape index (κ3) is 5.96. The first kappa shape index (κ1) is 25.9. The molecule has 1 heterocycles. The van der Waals surface area contributed by atoms with Crippen LogP contribution in [0.5, 0.6) is 0 Å². The van der Waals surface area contributed by atoms with Gasteiger partial charge in [-0.15, -0.1) is 0 Å². The first-order valence-electron chi connectivity index (χ1n) is 11.8. The van der Waals surface area contributed by atoms with E-state index in [0.717, 1.165) is 16.7 Å². The Morgan fingerprint density at radius 1 is 1.00 bits per heavy atom. The first-order chi connectivity index (χ1) is 17.6. The lowest BCUT2D eigenvalue weighted by Crippen LogP contribution is -2.34. The molecule has 4 aromatic rings. The van der Waals surface area contributed by atoms with E-state index < -0.39 is 5.97 Å². The van der Waals surface area contributed by atoms with Crippen molar-refractivity contribution in [2.75, 3.05) is 4.90 Å². The molecule has 0 saturated carbocycles. The summed E-state index contributed by atoms with van der Waals surface area (Å²) in [7, 11) is 0. The lowest BCUT2D eigenvalue weighted by Gasteiger charge is -2.27. The molecule has 0 aliphatic heterocycles. The van der Waals surface area contributed by atoms with Gasteiger partial charge in [0.15, 0.2) is 0 Å². The van der Waals surface area contributed by atoms with Gasteiger partial charge in [-0.1, -0.05) is 62.7 Å². The Kier molecular flexibility index (Phi) is 7.28. The van der Waals surface area contributed by atoms with E-state index in [-0.39, 0.29) is 16.9 Å². The maximum Gasteiger partial charge on any atom is 0.335 e. The first-order valence-corrected chi connectivity index (χ1v) is 12.1. The summed E-state index contributed by atoms with van der Waals surface area (Å²) >= 11 is 6.07. The van der Waals surface area contributed by atoms with Gasteiger partial charge in [0.2, 0.25) is 5.91 Å². The van der Waals surface area contributed by atoms with Gasteiger partial charge in [0.05, 0.1) is 22.7 Å². The minimum atomic E-state index is -1.01. The number of nitriles is 1. The van der Waals surface area contributed by atoms with Crippen LogP contribution < -0.4 is 4.90 Å². The third-order valence-electron chi connectivity index (χ3n) is 5.94. The van der Waals surface area contributed by atoms with Gasteiger partial charge in [0.25, 0.3) is 0 Å². The third-order valence-corrected chi connectivity index (χ3v) is 6.27. The summed E-state index contributed by atoms with van der Waals surface area (Å²) in [6.07, 6.45) is 1.91. The zero-order chi connectivity index (χ0) is 26.7. The molecule has 4 rings (SSSR count). The molecule has 37 heavy (non-hydrogen) atoms. The van der Waals surface area contributed by atoms with Crippen LogP contribution in [-0.2, 0) is 11.3 Å². The van der Waals surface area contributed by atoms with E-state index in [0.29, 0.717) is 40.1 Å². The number of anilines is 1. The summed E-state index contributed by atoms with van der Waals surface area (Å²) in [4.78, 5) is 31.2. The smallest absolute Gasteiger partial charge is 0.335 e. The quantitative estimate of drug-likeness (QED) is 0.298. The van der Waals surface area contributed by atoms with E-state index >= 15 is 0 Å². The Morgan fingerprint density at radius 3 is 2.35 bits per heavy atom. The number of rotatable bonds is 6. The van der Waals surface area contributed by atoms with E-state index in [1.165, 1.54) is 6.07 Å². The Bertz CT molecular complexity index is 1530. The SMILES string of the molecule is CC(C)(C)CC(=O)N(Cc1ccc(-c2ccc(Cl)c(C#N)c2)cc1)c1nccc2cc(C(=O)O)ccc12. The van der Waals surface area contributed by atoms with Gasteiger partial charge < -0.3 is 5.11 Å². The van der Waals surface area contributed by atoms with Crippen molar-refractivity contribution in [1.29, 1.82) is 5.26 Å². The largest absolute Gasteiger partial charge is 0.478 e. The number of benzene rings is 3. The number of carbonyl (C=O) groups excluding carboxylic acids is 1. The number of halogens is 1. The van der Waals surface area contributed by atoms with Crippen LogP contribution in [0.1, 0.15) is 48.7 Å². The van der Waals surface area contributed by atoms with Crippen LogP contribution in [-0.4, -0.2) is 22.0 Å². The number of nitrogens with zero attached hydrogens (tertiary/aromatic N) is 3. The Hall–Kier alpha value is -4.21. The number of hydrogen-bond acceptors (Lipinski definition) is 4. The summed E-state index contributed by atoms with van der Waals surface area (Å²) in [5.41, 5.74) is 3.06. The highest BCUT2D eigenvalue weighted by Gasteiger charge is 2.25. The molecule has 1 N–H and O–H groups in total. The highest BCUT2D eigenvalue weighted by atomic mass is 35.5. The number of amides is 1. The van der Waals surface area contributed by atoms with Crippen molar-refractivity contribution in [3.05, 3.63) is 94.6 Å². The Balaban J connectivity index is 1.71. The van der Waals surface area contributed by atoms with Crippen LogP contribution in [0.3, 0.4) is 0 Å². The fourth-order valence-corrected chi connectivity index (χ4v) is 4.28. The predicted octanol–water partition coefficient (Wildman–Crippen LogP) is 7.09. The molecule has 6 nitrogen and oxygen atoms in total. The zero-order valence-electron chi connectivity index (χ0n) is 20.8. The second-order valence-corrected chi connectivity index (χ2v) is 10.5. The molecule has 0 fully saturated rings. The maximum absolute atomic E-state index is 13.5. The number of aromatic nitrogens is 1. The van der Waals surface area contributed by atoms with E-state index in [2.05, 4.69) is 11.1 Å². The number of aromatic carboxylic acids is 1. The average molecular weight is 512 g/mol. The second-order valence-electron chi connectivity index (χ2n) is 10.1. The van der Waals surface area contributed by atoms with Gasteiger partial charge in [-0.2, -0.15) is 5.26 Å². The topological polar surface area (TPSA) is 94.3 Å². The molecule has 0 saturated heterocycles. The van der Waals surface area contributed by atoms with Gasteiger partial charge in [-0.3, -0.25) is 9.69 Å². The van der Waals surface area contributed by atoms with Crippen LogP contribution in [0, 0.1) is 16.7 Å². The highest BCUT2D eigenvalue weighted by molar-refractivity contribution is 6.31. The van der Waals surface area contributed by atoms with Crippen molar-refractivity contribution in [3.8, 4) is 17.2 Å². The molecule has 0 aliphatic carbocycles. The summed E-state index contributed by atoms with van der Waals surface area (Å²) in [6.45, 7) is 6.32. The standard InChI is InChI=1S/C30H26ClN3O3/c1-30(2,3)16-27(35)34(28-25-10-8-23(29(36)37)15-22(25)12-13-33-28)18-19-4-6-20(7-5-19)21-9-11-26(31)24(14-21)17-32/h4-15H,16,18H2,1-3H3,(H,36,37). The Morgan fingerprint density at radius 2 is 1.70 bits per heavy atom. The monoisotopic (exact) mass is 511 g/mol. The van der Waals surface area contributed by atoms with Crippen molar-refractivity contribution in [1.82, 2.24) is 4.98 Å². The molecule has 1 aromatic heterocycles. The van der Waals surface area contributed by atoms with E-state index in [9.17, 15) is 20.0 Å². The molecule has 0 atom stereocenters. The minimum absolute atomic E-state index is 0.0738. The summed E-state index contributed by atoms with van der Waals surface area (Å²) in [6, 6.07) is 21.8. The van der Waals surface area contributed by atoms with Gasteiger partial charge in [-0.25, -0.2) is 9.78 Å². The van der Waals surface area contributed by atoms with Crippen molar-refractivity contribution < 1.29 is 14.7 Å². The van der Waals surface area contributed by atoms with Gasteiger partial charge >= 0.3 is 5.97 Å². The number of hydrogen-bond donors (Lipinski definition) is 1. The van der Waals surface area contributed by atoms with Crippen LogP contribution in [0.4, 0.5) is 5.82 Å². The number of pyridine rings is 1. The van der Waals surface area contributed by atoms with Gasteiger partial charge in [0.1, 0.15) is 11.9 Å². The van der Waals surface area contributed by atoms with Gasteiger partial charge in [0, 0.05) is 18.0 Å². The fraction of sp³-hybridized carbons (Fsp3) is 0.200. The van der Waals surface area contributed by atoms with Crippen LogP contribution in [0.25, 0.3) is 21.9 Å². The van der Waals surface area contributed by atoms with Crippen molar-refractivity contribution in [3.63, 3.8) is 0 Å². The second kappa shape index (κ2) is 10.4. The molecular weight excluding hydrogens is 486 g/mol. The number of carboxylic acid groups (broad SMARTS) is 1. The molecule has 0 spiro atoms. The summed E-state index contributed by atoms with van der Waals surface area (Å²) < 4.78 is 0. The molecule has 186 valence electrons. The minimum Gasteiger partial charge on any atom is -0.478 e. The molecule has 0 unspecified atom stereocenters. The number of carboxylic acids is 1. The Labute approximate surface area is 220 Å². The molecule has 0 bridgehead atoms. The van der Waals surface area contributed by atoms with Crippen LogP contribution in [0.15, 0.2) is 72.9 Å². The zero-order valence-corrected chi connectivity index (χ0v) is 21.6. The molecule has 1 amide bonds. The normalized spacial score (nSPS) is 11.2. The number of fused-ring (bicyclic) bond motifs is 1. The molecule has 7 heteroatoms. The van der Waals surface area contributed by atoms with E-state index in [4.69, 9.17) is 11.6 Å². The lowest BCUT2D eigenvalue weighted by atomic mass is 9.91. The van der Waals surface area contributed by atoms with Crippen LogP contribution >= 0.6 is 11.6 Å². The molecule has 0 radical (unpaired) electrons. The number of carbonyl (C=O) groups is 2. The van der Waals surface area contributed by atoms with Crippen molar-refractivity contribution in [2.24, 2.45) is 5.41 Å². The molecule has 3 aromatic carbocycles. The maximum atomic E-state index is 13.5. The summed E-state index contributed by atoms with van der Waals surface area (Å²) in [5, 5.41) is 20.5. The van der Waals surface area contributed by atoms with Crippen molar-refractivity contribution in [2.45, 2.75) is 33.7 Å². The van der Waals surface area contributed by atoms with Crippen LogP contribution in [0.2, 0.25) is 5.02 Å². The lowest BCUT2D eigenvalue weighted by molar-refractivity contribution is -0.120.